The smallest absolute Gasteiger partial charge is 0.238 e. The molecule has 0 aliphatic carbocycles. The van der Waals surface area contributed by atoms with Gasteiger partial charge >= 0.3 is 0 Å². The molecule has 126 valence electrons. The molecular formula is C17H20ClN5O. The summed E-state index contributed by atoms with van der Waals surface area (Å²) in [5.74, 6) is 0.693. The number of hydrogen-bond acceptors (Lipinski definition) is 5. The van der Waals surface area contributed by atoms with Gasteiger partial charge < -0.3 is 10.2 Å². The highest BCUT2D eigenvalue weighted by molar-refractivity contribution is 6.33. The van der Waals surface area contributed by atoms with E-state index in [9.17, 15) is 4.79 Å². The van der Waals surface area contributed by atoms with E-state index in [2.05, 4.69) is 25.1 Å². The normalized spacial score (nSPS) is 15.3. The first-order chi connectivity index (χ1) is 11.6. The van der Waals surface area contributed by atoms with Gasteiger partial charge in [-0.05, 0) is 30.7 Å². The van der Waals surface area contributed by atoms with E-state index in [1.807, 2.05) is 25.1 Å². The summed E-state index contributed by atoms with van der Waals surface area (Å²) in [7, 11) is 0. The summed E-state index contributed by atoms with van der Waals surface area (Å²) >= 11 is 6.15. The fourth-order valence-electron chi connectivity index (χ4n) is 2.67. The Balaban J connectivity index is 1.50. The summed E-state index contributed by atoms with van der Waals surface area (Å²) in [5.41, 5.74) is 1.72. The van der Waals surface area contributed by atoms with E-state index in [0.29, 0.717) is 17.3 Å². The van der Waals surface area contributed by atoms with E-state index in [4.69, 9.17) is 11.6 Å². The lowest BCUT2D eigenvalue weighted by molar-refractivity contribution is -0.117. The van der Waals surface area contributed by atoms with Crippen LogP contribution < -0.4 is 10.2 Å². The van der Waals surface area contributed by atoms with Crippen molar-refractivity contribution in [3.8, 4) is 0 Å². The molecule has 0 bridgehead atoms. The second kappa shape index (κ2) is 7.59. The number of hydrogen-bond donors (Lipinski definition) is 1. The Morgan fingerprint density at radius 1 is 1.21 bits per heavy atom. The van der Waals surface area contributed by atoms with Gasteiger partial charge in [-0.3, -0.25) is 9.69 Å². The standard InChI is InChI=1S/C17H20ClN5O/c1-13-3-4-15(14(18)11-13)21-16(24)12-22-7-9-23(10-8-22)17-19-5-2-6-20-17/h2-6,11H,7-10,12H2,1H3,(H,21,24). The van der Waals surface area contributed by atoms with Crippen LogP contribution in [0.1, 0.15) is 5.56 Å². The van der Waals surface area contributed by atoms with Gasteiger partial charge in [0.25, 0.3) is 0 Å². The van der Waals surface area contributed by atoms with E-state index in [1.54, 1.807) is 18.5 Å². The molecule has 0 saturated carbocycles. The number of anilines is 2. The van der Waals surface area contributed by atoms with Crippen LogP contribution in [0, 0.1) is 6.92 Å². The number of benzene rings is 1. The summed E-state index contributed by atoms with van der Waals surface area (Å²) in [4.78, 5) is 25.0. The highest BCUT2D eigenvalue weighted by Crippen LogP contribution is 2.22. The van der Waals surface area contributed by atoms with Gasteiger partial charge in [0.1, 0.15) is 0 Å². The van der Waals surface area contributed by atoms with Crippen LogP contribution in [-0.4, -0.2) is 53.5 Å². The number of aryl methyl sites for hydroxylation is 1. The summed E-state index contributed by atoms with van der Waals surface area (Å²) < 4.78 is 0. The third-order valence-electron chi connectivity index (χ3n) is 3.97. The predicted molar refractivity (Wildman–Crippen MR) is 95.5 cm³/mol. The molecule has 0 radical (unpaired) electrons. The molecule has 2 aromatic rings. The highest BCUT2D eigenvalue weighted by atomic mass is 35.5. The van der Waals surface area contributed by atoms with Gasteiger partial charge in [-0.15, -0.1) is 0 Å². The minimum Gasteiger partial charge on any atom is -0.338 e. The van der Waals surface area contributed by atoms with Crippen molar-refractivity contribution in [3.05, 3.63) is 47.2 Å². The first-order valence-corrected chi connectivity index (χ1v) is 8.30. The molecule has 7 heteroatoms. The highest BCUT2D eigenvalue weighted by Gasteiger charge is 2.20. The minimum absolute atomic E-state index is 0.0508. The molecule has 1 fully saturated rings. The Kier molecular flexibility index (Phi) is 5.27. The van der Waals surface area contributed by atoms with Crippen molar-refractivity contribution in [2.45, 2.75) is 6.92 Å². The average molecular weight is 346 g/mol. The molecule has 0 atom stereocenters. The van der Waals surface area contributed by atoms with Crippen molar-refractivity contribution in [2.75, 3.05) is 42.9 Å². The maximum absolute atomic E-state index is 12.2. The van der Waals surface area contributed by atoms with Gasteiger partial charge in [0.05, 0.1) is 17.3 Å². The van der Waals surface area contributed by atoms with Crippen molar-refractivity contribution < 1.29 is 4.79 Å². The molecule has 2 heterocycles. The average Bonchev–Trinajstić information content (AvgIpc) is 2.59. The first kappa shape index (κ1) is 16.7. The summed E-state index contributed by atoms with van der Waals surface area (Å²) in [6.07, 6.45) is 3.49. The van der Waals surface area contributed by atoms with Gasteiger partial charge in [0, 0.05) is 38.6 Å². The maximum atomic E-state index is 12.2. The van der Waals surface area contributed by atoms with Gasteiger partial charge in [-0.2, -0.15) is 0 Å². The number of nitrogens with zero attached hydrogens (tertiary/aromatic N) is 4. The molecule has 1 amide bonds. The molecule has 0 unspecified atom stereocenters. The van der Waals surface area contributed by atoms with Crippen molar-refractivity contribution in [2.24, 2.45) is 0 Å². The third kappa shape index (κ3) is 4.21. The lowest BCUT2D eigenvalue weighted by atomic mass is 10.2. The third-order valence-corrected chi connectivity index (χ3v) is 4.29. The molecular weight excluding hydrogens is 326 g/mol. The van der Waals surface area contributed by atoms with Crippen LogP contribution in [0.25, 0.3) is 0 Å². The monoisotopic (exact) mass is 345 g/mol. The molecule has 24 heavy (non-hydrogen) atoms. The van der Waals surface area contributed by atoms with Crippen LogP contribution in [0.4, 0.5) is 11.6 Å². The molecule has 1 saturated heterocycles. The van der Waals surface area contributed by atoms with Crippen molar-refractivity contribution in [1.29, 1.82) is 0 Å². The Morgan fingerprint density at radius 3 is 2.58 bits per heavy atom. The topological polar surface area (TPSA) is 61.4 Å². The van der Waals surface area contributed by atoms with E-state index in [1.165, 1.54) is 0 Å². The number of piperazine rings is 1. The molecule has 1 aliphatic heterocycles. The summed E-state index contributed by atoms with van der Waals surface area (Å²) in [5, 5.41) is 3.44. The fourth-order valence-corrected chi connectivity index (χ4v) is 2.96. The van der Waals surface area contributed by atoms with Gasteiger partial charge in [-0.1, -0.05) is 17.7 Å². The maximum Gasteiger partial charge on any atom is 0.238 e. The molecule has 1 aliphatic rings. The summed E-state index contributed by atoms with van der Waals surface area (Å²) in [6.45, 7) is 5.53. The number of nitrogens with one attached hydrogen (secondary N) is 1. The molecule has 1 aromatic heterocycles. The molecule has 0 spiro atoms. The van der Waals surface area contributed by atoms with E-state index < -0.39 is 0 Å². The van der Waals surface area contributed by atoms with Crippen LogP contribution in [0.5, 0.6) is 0 Å². The lowest BCUT2D eigenvalue weighted by Crippen LogP contribution is -2.49. The second-order valence-corrected chi connectivity index (χ2v) is 6.25. The molecule has 6 nitrogen and oxygen atoms in total. The zero-order valence-corrected chi connectivity index (χ0v) is 14.3. The number of rotatable bonds is 4. The fraction of sp³-hybridized carbons (Fsp3) is 0.353. The van der Waals surface area contributed by atoms with Gasteiger partial charge in [0.2, 0.25) is 11.9 Å². The summed E-state index contributed by atoms with van der Waals surface area (Å²) in [6, 6.07) is 7.41. The number of amides is 1. The number of aromatic nitrogens is 2. The lowest BCUT2D eigenvalue weighted by Gasteiger charge is -2.34. The van der Waals surface area contributed by atoms with E-state index in [-0.39, 0.29) is 5.91 Å². The van der Waals surface area contributed by atoms with E-state index >= 15 is 0 Å². The van der Waals surface area contributed by atoms with Crippen LogP contribution >= 0.6 is 11.6 Å². The van der Waals surface area contributed by atoms with Crippen molar-refractivity contribution >= 4 is 29.1 Å². The number of carbonyl (C=O) groups is 1. The van der Waals surface area contributed by atoms with Crippen LogP contribution in [0.2, 0.25) is 5.02 Å². The van der Waals surface area contributed by atoms with Crippen molar-refractivity contribution in [1.82, 2.24) is 14.9 Å². The number of carbonyl (C=O) groups excluding carboxylic acids is 1. The molecule has 1 N–H and O–H groups in total. The SMILES string of the molecule is Cc1ccc(NC(=O)CN2CCN(c3ncccn3)CC2)c(Cl)c1. The predicted octanol–water partition coefficient (Wildman–Crippen LogP) is 2.20. The van der Waals surface area contributed by atoms with Crippen LogP contribution in [0.15, 0.2) is 36.7 Å². The van der Waals surface area contributed by atoms with Crippen LogP contribution in [0.3, 0.4) is 0 Å². The number of halogens is 1. The quantitative estimate of drug-likeness (QED) is 0.920. The van der Waals surface area contributed by atoms with Gasteiger partial charge in [0.15, 0.2) is 0 Å². The van der Waals surface area contributed by atoms with E-state index in [0.717, 1.165) is 37.7 Å². The molecule has 1 aromatic carbocycles. The first-order valence-electron chi connectivity index (χ1n) is 7.92. The van der Waals surface area contributed by atoms with Crippen LogP contribution in [-0.2, 0) is 4.79 Å². The zero-order valence-electron chi connectivity index (χ0n) is 13.6. The zero-order chi connectivity index (χ0) is 16.9. The Hall–Kier alpha value is -2.18. The second-order valence-electron chi connectivity index (χ2n) is 5.84. The van der Waals surface area contributed by atoms with Gasteiger partial charge in [-0.25, -0.2) is 9.97 Å². The minimum atomic E-state index is -0.0508. The largest absolute Gasteiger partial charge is 0.338 e. The molecule has 3 rings (SSSR count). The Labute approximate surface area is 146 Å². The Bertz CT molecular complexity index is 701. The van der Waals surface area contributed by atoms with Crippen molar-refractivity contribution in [3.63, 3.8) is 0 Å². The Morgan fingerprint density at radius 2 is 1.92 bits per heavy atom.